The van der Waals surface area contributed by atoms with Crippen molar-refractivity contribution in [3.05, 3.63) is 12.2 Å². The number of carbonyl (C=O) groups is 1. The molecule has 0 aromatic rings. The van der Waals surface area contributed by atoms with Gasteiger partial charge in [0, 0.05) is 6.04 Å². The maximum Gasteiger partial charge on any atom is 0.226 e. The molecule has 0 spiro atoms. The Morgan fingerprint density at radius 3 is 2.45 bits per heavy atom. The maximum absolute atomic E-state index is 11.1. The van der Waals surface area contributed by atoms with Crippen molar-refractivity contribution in [2.75, 3.05) is 0 Å². The van der Waals surface area contributed by atoms with Gasteiger partial charge in [-0.05, 0) is 11.8 Å². The molecule has 1 heterocycles. The molecule has 2 rings (SSSR count). The van der Waals surface area contributed by atoms with E-state index in [4.69, 9.17) is 0 Å². The highest BCUT2D eigenvalue weighted by atomic mass is 16.2. The molecule has 4 atom stereocenters. The number of amides is 1. The smallest absolute Gasteiger partial charge is 0.226 e. The van der Waals surface area contributed by atoms with E-state index in [1.165, 1.54) is 0 Å². The molecule has 1 aliphatic carbocycles. The Bertz CT molecular complexity index is 222. The van der Waals surface area contributed by atoms with E-state index >= 15 is 0 Å². The number of β-lactam (4-membered cyclic amide) rings is 1. The summed E-state index contributed by atoms with van der Waals surface area (Å²) in [5.74, 6) is 1.45. The number of carbonyl (C=O) groups excluding carboxylic acids is 1. The SMILES string of the molecule is CC1C=CC(C)C2C(=O)NC12. The van der Waals surface area contributed by atoms with Crippen LogP contribution >= 0.6 is 0 Å². The summed E-state index contributed by atoms with van der Waals surface area (Å²) in [6.07, 6.45) is 4.36. The van der Waals surface area contributed by atoms with Gasteiger partial charge in [-0.25, -0.2) is 0 Å². The first kappa shape index (κ1) is 6.89. The molecular weight excluding hydrogens is 138 g/mol. The molecule has 0 bridgehead atoms. The van der Waals surface area contributed by atoms with Gasteiger partial charge in [0.1, 0.15) is 0 Å². The van der Waals surface area contributed by atoms with Crippen LogP contribution in [0.5, 0.6) is 0 Å². The Labute approximate surface area is 66.7 Å². The zero-order valence-corrected chi connectivity index (χ0v) is 6.87. The molecule has 4 unspecified atom stereocenters. The lowest BCUT2D eigenvalue weighted by molar-refractivity contribution is -0.138. The van der Waals surface area contributed by atoms with E-state index in [2.05, 4.69) is 31.3 Å². The predicted octanol–water partition coefficient (Wildman–Crippen LogP) is 0.943. The van der Waals surface area contributed by atoms with E-state index in [-0.39, 0.29) is 11.8 Å². The topological polar surface area (TPSA) is 29.1 Å². The molecule has 1 fully saturated rings. The highest BCUT2D eigenvalue weighted by molar-refractivity contribution is 5.86. The average Bonchev–Trinajstić information content (AvgIpc) is 1.93. The molecule has 0 aromatic carbocycles. The maximum atomic E-state index is 11.1. The summed E-state index contributed by atoms with van der Waals surface area (Å²) < 4.78 is 0. The van der Waals surface area contributed by atoms with Crippen LogP contribution < -0.4 is 5.32 Å². The Morgan fingerprint density at radius 2 is 1.91 bits per heavy atom. The Kier molecular flexibility index (Phi) is 1.31. The third kappa shape index (κ3) is 0.817. The van der Waals surface area contributed by atoms with Crippen LogP contribution in [0, 0.1) is 17.8 Å². The normalized spacial score (nSPS) is 47.6. The molecule has 0 saturated carbocycles. The van der Waals surface area contributed by atoms with Crippen LogP contribution in [0.15, 0.2) is 12.2 Å². The summed E-state index contributed by atoms with van der Waals surface area (Å²) in [5, 5.41) is 2.93. The van der Waals surface area contributed by atoms with Crippen molar-refractivity contribution >= 4 is 5.91 Å². The largest absolute Gasteiger partial charge is 0.352 e. The molecule has 2 heteroatoms. The minimum Gasteiger partial charge on any atom is -0.352 e. The van der Waals surface area contributed by atoms with Crippen molar-refractivity contribution in [2.24, 2.45) is 17.8 Å². The van der Waals surface area contributed by atoms with Gasteiger partial charge in [-0.2, -0.15) is 0 Å². The van der Waals surface area contributed by atoms with Gasteiger partial charge < -0.3 is 5.32 Å². The van der Waals surface area contributed by atoms with E-state index < -0.39 is 0 Å². The third-order valence-electron chi connectivity index (χ3n) is 2.85. The molecular formula is C9H13NO. The fraction of sp³-hybridized carbons (Fsp3) is 0.667. The van der Waals surface area contributed by atoms with Gasteiger partial charge in [-0.3, -0.25) is 4.79 Å². The fourth-order valence-corrected chi connectivity index (χ4v) is 2.03. The minimum absolute atomic E-state index is 0.235. The second-order valence-corrected chi connectivity index (χ2v) is 3.66. The molecule has 1 amide bonds. The van der Waals surface area contributed by atoms with Crippen molar-refractivity contribution < 1.29 is 4.79 Å². The Morgan fingerprint density at radius 1 is 1.27 bits per heavy atom. The lowest BCUT2D eigenvalue weighted by atomic mass is 9.71. The second kappa shape index (κ2) is 2.10. The van der Waals surface area contributed by atoms with Crippen molar-refractivity contribution in [1.29, 1.82) is 0 Å². The number of hydrogen-bond acceptors (Lipinski definition) is 1. The molecule has 1 N–H and O–H groups in total. The quantitative estimate of drug-likeness (QED) is 0.405. The first-order valence-electron chi connectivity index (χ1n) is 4.19. The van der Waals surface area contributed by atoms with E-state index in [0.29, 0.717) is 17.9 Å². The first-order chi connectivity index (χ1) is 5.20. The standard InChI is InChI=1S/C9H13NO/c1-5-3-4-6(2)8-7(5)9(11)10-8/h3-8H,1-2H3,(H,10,11). The lowest BCUT2D eigenvalue weighted by Crippen LogP contribution is -2.63. The summed E-state index contributed by atoms with van der Waals surface area (Å²) in [5.41, 5.74) is 0. The third-order valence-corrected chi connectivity index (χ3v) is 2.85. The number of nitrogens with one attached hydrogen (secondary N) is 1. The molecule has 11 heavy (non-hydrogen) atoms. The molecule has 0 radical (unpaired) electrons. The molecule has 0 aromatic heterocycles. The molecule has 1 aliphatic heterocycles. The van der Waals surface area contributed by atoms with Gasteiger partial charge in [0.05, 0.1) is 5.92 Å². The molecule has 1 saturated heterocycles. The van der Waals surface area contributed by atoms with Gasteiger partial charge in [-0.1, -0.05) is 26.0 Å². The van der Waals surface area contributed by atoms with Crippen LogP contribution in [-0.4, -0.2) is 11.9 Å². The first-order valence-corrected chi connectivity index (χ1v) is 4.19. The Balaban J connectivity index is 2.22. The lowest BCUT2D eigenvalue weighted by Gasteiger charge is -2.44. The number of allylic oxidation sites excluding steroid dienone is 1. The van der Waals surface area contributed by atoms with Gasteiger partial charge in [0.25, 0.3) is 0 Å². The highest BCUT2D eigenvalue weighted by Gasteiger charge is 2.45. The van der Waals surface area contributed by atoms with Gasteiger partial charge in [0.15, 0.2) is 0 Å². The highest BCUT2D eigenvalue weighted by Crippen LogP contribution is 2.34. The molecule has 2 aliphatic rings. The zero-order chi connectivity index (χ0) is 8.01. The summed E-state index contributed by atoms with van der Waals surface area (Å²) in [6, 6.07) is 0.419. The monoisotopic (exact) mass is 151 g/mol. The van der Waals surface area contributed by atoms with Crippen LogP contribution in [0.2, 0.25) is 0 Å². The fourth-order valence-electron chi connectivity index (χ4n) is 2.03. The number of rotatable bonds is 0. The minimum atomic E-state index is 0.235. The van der Waals surface area contributed by atoms with E-state index in [0.717, 1.165) is 0 Å². The van der Waals surface area contributed by atoms with Crippen molar-refractivity contribution in [3.8, 4) is 0 Å². The Hall–Kier alpha value is -0.790. The van der Waals surface area contributed by atoms with Gasteiger partial charge >= 0.3 is 0 Å². The van der Waals surface area contributed by atoms with E-state index in [9.17, 15) is 4.79 Å². The van der Waals surface area contributed by atoms with Gasteiger partial charge in [-0.15, -0.1) is 0 Å². The summed E-state index contributed by atoms with van der Waals surface area (Å²) in [6.45, 7) is 4.26. The molecule has 60 valence electrons. The van der Waals surface area contributed by atoms with E-state index in [1.54, 1.807) is 0 Å². The van der Waals surface area contributed by atoms with Crippen molar-refractivity contribution in [3.63, 3.8) is 0 Å². The summed E-state index contributed by atoms with van der Waals surface area (Å²) in [4.78, 5) is 11.1. The summed E-state index contributed by atoms with van der Waals surface area (Å²) in [7, 11) is 0. The predicted molar refractivity (Wildman–Crippen MR) is 42.9 cm³/mol. The zero-order valence-electron chi connectivity index (χ0n) is 6.87. The van der Waals surface area contributed by atoms with Crippen LogP contribution in [-0.2, 0) is 4.79 Å². The van der Waals surface area contributed by atoms with Crippen LogP contribution in [0.4, 0.5) is 0 Å². The van der Waals surface area contributed by atoms with Crippen LogP contribution in [0.3, 0.4) is 0 Å². The average molecular weight is 151 g/mol. The van der Waals surface area contributed by atoms with Crippen LogP contribution in [0.25, 0.3) is 0 Å². The van der Waals surface area contributed by atoms with E-state index in [1.807, 2.05) is 0 Å². The van der Waals surface area contributed by atoms with Crippen molar-refractivity contribution in [1.82, 2.24) is 5.32 Å². The summed E-state index contributed by atoms with van der Waals surface area (Å²) >= 11 is 0. The van der Waals surface area contributed by atoms with Gasteiger partial charge in [0.2, 0.25) is 5.91 Å². The molecule has 2 nitrogen and oxygen atoms in total. The second-order valence-electron chi connectivity index (χ2n) is 3.66. The number of fused-ring (bicyclic) bond motifs is 1. The number of hydrogen-bond donors (Lipinski definition) is 1. The van der Waals surface area contributed by atoms with Crippen molar-refractivity contribution in [2.45, 2.75) is 19.9 Å². The van der Waals surface area contributed by atoms with Crippen LogP contribution in [0.1, 0.15) is 13.8 Å².